The van der Waals surface area contributed by atoms with Gasteiger partial charge in [-0.2, -0.15) is 4.31 Å². The molecule has 11 heteroatoms. The third-order valence-corrected chi connectivity index (χ3v) is 8.45. The number of rotatable bonds is 7. The molecule has 38 heavy (non-hydrogen) atoms. The standard InChI is InChI=1S/C27H25N5O5S/c33-26(14-7-19-5-10-22(11-6-19)32(34)35)28-21-8-12-23(13-9-21)38(36,37)31-17-15-20(16-18-31)27-29-24-3-1-2-4-25(24)30-27/h1-14,20H,15-18H2,(H,28,33)(H,29,30)/b14-7+. The Balaban J connectivity index is 1.17. The Morgan fingerprint density at radius 2 is 1.71 bits per heavy atom. The maximum Gasteiger partial charge on any atom is 0.269 e. The van der Waals surface area contributed by atoms with E-state index in [0.717, 1.165) is 16.9 Å². The van der Waals surface area contributed by atoms with E-state index in [0.29, 0.717) is 37.2 Å². The molecule has 0 unspecified atom stereocenters. The molecule has 0 bridgehead atoms. The summed E-state index contributed by atoms with van der Waals surface area (Å²) in [5, 5.41) is 13.4. The summed E-state index contributed by atoms with van der Waals surface area (Å²) in [4.78, 5) is 30.7. The second-order valence-electron chi connectivity index (χ2n) is 9.01. The highest BCUT2D eigenvalue weighted by Crippen LogP contribution is 2.30. The Kier molecular flexibility index (Phi) is 7.03. The molecule has 1 aliphatic rings. The predicted molar refractivity (Wildman–Crippen MR) is 144 cm³/mol. The fourth-order valence-corrected chi connectivity index (χ4v) is 5.93. The lowest BCUT2D eigenvalue weighted by Gasteiger charge is -2.30. The molecule has 0 aliphatic carbocycles. The first-order valence-corrected chi connectivity index (χ1v) is 13.5. The molecule has 0 saturated carbocycles. The van der Waals surface area contributed by atoms with Crippen molar-refractivity contribution in [3.63, 3.8) is 0 Å². The number of benzene rings is 3. The number of piperidine rings is 1. The normalized spacial score (nSPS) is 15.2. The number of nitrogens with zero attached hydrogens (tertiary/aromatic N) is 3. The van der Waals surface area contributed by atoms with Crippen LogP contribution >= 0.6 is 0 Å². The number of anilines is 1. The fourth-order valence-electron chi connectivity index (χ4n) is 4.46. The van der Waals surface area contributed by atoms with Crippen molar-refractivity contribution < 1.29 is 18.1 Å². The number of aromatic nitrogens is 2. The van der Waals surface area contributed by atoms with Crippen molar-refractivity contribution in [3.05, 3.63) is 100 Å². The van der Waals surface area contributed by atoms with Gasteiger partial charge in [0.1, 0.15) is 5.82 Å². The summed E-state index contributed by atoms with van der Waals surface area (Å²) in [5.74, 6) is 0.656. The highest BCUT2D eigenvalue weighted by Gasteiger charge is 2.31. The van der Waals surface area contributed by atoms with Gasteiger partial charge in [0.15, 0.2) is 0 Å². The number of carbonyl (C=O) groups excluding carboxylic acids is 1. The number of sulfonamides is 1. The van der Waals surface area contributed by atoms with Gasteiger partial charge in [-0.15, -0.1) is 0 Å². The van der Waals surface area contributed by atoms with Crippen LogP contribution < -0.4 is 5.32 Å². The van der Waals surface area contributed by atoms with Crippen molar-refractivity contribution in [2.24, 2.45) is 0 Å². The molecule has 4 aromatic rings. The quantitative estimate of drug-likeness (QED) is 0.202. The summed E-state index contributed by atoms with van der Waals surface area (Å²) in [7, 11) is -3.67. The van der Waals surface area contributed by atoms with Crippen LogP contribution in [-0.4, -0.2) is 46.6 Å². The Morgan fingerprint density at radius 1 is 1.03 bits per heavy atom. The summed E-state index contributed by atoms with van der Waals surface area (Å²) in [6.07, 6.45) is 4.19. The second kappa shape index (κ2) is 10.6. The van der Waals surface area contributed by atoms with Crippen LogP contribution in [0, 0.1) is 10.1 Å². The number of non-ortho nitro benzene ring substituents is 1. The Hall–Kier alpha value is -4.35. The van der Waals surface area contributed by atoms with Crippen molar-refractivity contribution in [2.75, 3.05) is 18.4 Å². The third kappa shape index (κ3) is 5.48. The van der Waals surface area contributed by atoms with Crippen LogP contribution in [0.15, 0.2) is 83.8 Å². The SMILES string of the molecule is O=C(/C=C/c1ccc([N+](=O)[O-])cc1)Nc1ccc(S(=O)(=O)N2CCC(c3nc4ccccc4[nH]3)CC2)cc1. The van der Waals surface area contributed by atoms with E-state index in [1.807, 2.05) is 24.3 Å². The fraction of sp³-hybridized carbons (Fsp3) is 0.185. The minimum atomic E-state index is -3.67. The number of amides is 1. The van der Waals surface area contributed by atoms with Crippen LogP contribution in [0.3, 0.4) is 0 Å². The molecule has 0 radical (unpaired) electrons. The average molecular weight is 532 g/mol. The van der Waals surface area contributed by atoms with Gasteiger partial charge in [0, 0.05) is 42.9 Å². The van der Waals surface area contributed by atoms with Gasteiger partial charge in [0.05, 0.1) is 20.9 Å². The molecule has 10 nitrogen and oxygen atoms in total. The monoisotopic (exact) mass is 531 g/mol. The van der Waals surface area contributed by atoms with Crippen molar-refractivity contribution in [1.29, 1.82) is 0 Å². The van der Waals surface area contributed by atoms with Crippen molar-refractivity contribution in [1.82, 2.24) is 14.3 Å². The van der Waals surface area contributed by atoms with Gasteiger partial charge in [-0.25, -0.2) is 13.4 Å². The lowest BCUT2D eigenvalue weighted by molar-refractivity contribution is -0.384. The molecular weight excluding hydrogens is 506 g/mol. The van der Waals surface area contributed by atoms with E-state index in [4.69, 9.17) is 0 Å². The van der Waals surface area contributed by atoms with Crippen molar-refractivity contribution in [2.45, 2.75) is 23.7 Å². The minimum Gasteiger partial charge on any atom is -0.342 e. The van der Waals surface area contributed by atoms with Crippen LogP contribution in [0.1, 0.15) is 30.1 Å². The number of nitro groups is 1. The number of carbonyl (C=O) groups is 1. The van der Waals surface area contributed by atoms with Gasteiger partial charge in [0.25, 0.3) is 5.69 Å². The molecule has 194 valence electrons. The Bertz CT molecular complexity index is 1570. The van der Waals surface area contributed by atoms with Gasteiger partial charge >= 0.3 is 0 Å². The molecule has 1 fully saturated rings. The van der Waals surface area contributed by atoms with E-state index in [-0.39, 0.29) is 16.5 Å². The first kappa shape index (κ1) is 25.3. The van der Waals surface area contributed by atoms with E-state index in [2.05, 4.69) is 15.3 Å². The molecule has 1 amide bonds. The van der Waals surface area contributed by atoms with Crippen LogP contribution in [0.4, 0.5) is 11.4 Å². The summed E-state index contributed by atoms with van der Waals surface area (Å²) < 4.78 is 27.9. The minimum absolute atomic E-state index is 0.0304. The largest absolute Gasteiger partial charge is 0.342 e. The van der Waals surface area contributed by atoms with Crippen molar-refractivity contribution in [3.8, 4) is 0 Å². The molecule has 0 spiro atoms. The van der Waals surface area contributed by atoms with Crippen LogP contribution in [0.2, 0.25) is 0 Å². The zero-order chi connectivity index (χ0) is 26.7. The van der Waals surface area contributed by atoms with E-state index < -0.39 is 20.9 Å². The van der Waals surface area contributed by atoms with Crippen LogP contribution in [-0.2, 0) is 14.8 Å². The molecule has 2 N–H and O–H groups in total. The zero-order valence-electron chi connectivity index (χ0n) is 20.3. The maximum absolute atomic E-state index is 13.2. The van der Waals surface area contributed by atoms with Crippen LogP contribution in [0.25, 0.3) is 17.1 Å². The average Bonchev–Trinajstić information content (AvgIpc) is 3.37. The zero-order valence-corrected chi connectivity index (χ0v) is 21.1. The Morgan fingerprint density at radius 3 is 2.37 bits per heavy atom. The lowest BCUT2D eigenvalue weighted by atomic mass is 9.97. The molecule has 5 rings (SSSR count). The highest BCUT2D eigenvalue weighted by molar-refractivity contribution is 7.89. The molecule has 0 atom stereocenters. The number of aromatic amines is 1. The maximum atomic E-state index is 13.2. The number of fused-ring (bicyclic) bond motifs is 1. The molecule has 1 aliphatic heterocycles. The number of para-hydroxylation sites is 2. The van der Waals surface area contributed by atoms with Gasteiger partial charge in [-0.1, -0.05) is 12.1 Å². The number of nitro benzene ring substituents is 1. The number of H-pyrrole nitrogens is 1. The van der Waals surface area contributed by atoms with Crippen LogP contribution in [0.5, 0.6) is 0 Å². The van der Waals surface area contributed by atoms with E-state index in [9.17, 15) is 23.3 Å². The lowest BCUT2D eigenvalue weighted by Crippen LogP contribution is -2.38. The van der Waals surface area contributed by atoms with Gasteiger partial charge in [0.2, 0.25) is 15.9 Å². The molecule has 1 saturated heterocycles. The molecule has 2 heterocycles. The van der Waals surface area contributed by atoms with Crippen molar-refractivity contribution >= 4 is 44.4 Å². The van der Waals surface area contributed by atoms with Gasteiger partial charge in [-0.3, -0.25) is 14.9 Å². The van der Waals surface area contributed by atoms with E-state index in [1.165, 1.54) is 40.7 Å². The van der Waals surface area contributed by atoms with E-state index in [1.54, 1.807) is 24.3 Å². The smallest absolute Gasteiger partial charge is 0.269 e. The molecule has 1 aromatic heterocycles. The molecule has 3 aromatic carbocycles. The Labute approximate surface area is 219 Å². The number of imidazole rings is 1. The van der Waals surface area contributed by atoms with Gasteiger partial charge < -0.3 is 10.3 Å². The number of nitrogens with one attached hydrogen (secondary N) is 2. The van der Waals surface area contributed by atoms with E-state index >= 15 is 0 Å². The van der Waals surface area contributed by atoms with Gasteiger partial charge in [-0.05, 0) is 73.0 Å². The third-order valence-electron chi connectivity index (χ3n) is 6.54. The summed E-state index contributed by atoms with van der Waals surface area (Å²) in [6.45, 7) is 0.798. The summed E-state index contributed by atoms with van der Waals surface area (Å²) >= 11 is 0. The first-order chi connectivity index (χ1) is 18.3. The summed E-state index contributed by atoms with van der Waals surface area (Å²) in [5.41, 5.74) is 2.94. The first-order valence-electron chi connectivity index (χ1n) is 12.1. The number of hydrogen-bond donors (Lipinski definition) is 2. The summed E-state index contributed by atoms with van der Waals surface area (Å²) in [6, 6.07) is 19.7. The number of hydrogen-bond acceptors (Lipinski definition) is 6. The predicted octanol–water partition coefficient (Wildman–Crippen LogP) is 4.69. The second-order valence-corrected chi connectivity index (χ2v) is 11.0. The topological polar surface area (TPSA) is 138 Å². The molecular formula is C27H25N5O5S. The highest BCUT2D eigenvalue weighted by atomic mass is 32.2.